The largest absolute Gasteiger partial charge is 0.464 e. The summed E-state index contributed by atoms with van der Waals surface area (Å²) in [4.78, 5) is 4.81. The molecule has 0 amide bonds. The molecule has 0 fully saturated rings. The zero-order chi connectivity index (χ0) is 16.1. The summed E-state index contributed by atoms with van der Waals surface area (Å²) in [6.07, 6.45) is 3.58. The van der Waals surface area contributed by atoms with E-state index in [1.807, 2.05) is 48.5 Å². The molecule has 5 rings (SSSR count). The molecule has 4 nitrogen and oxygen atoms in total. The molecule has 0 aliphatic carbocycles. The van der Waals surface area contributed by atoms with Crippen molar-refractivity contribution in [3.05, 3.63) is 60.9 Å². The van der Waals surface area contributed by atoms with Gasteiger partial charge >= 0.3 is 0 Å². The van der Waals surface area contributed by atoms with Gasteiger partial charge in [0.25, 0.3) is 0 Å². The smallest absolute Gasteiger partial charge is 0.231 e. The minimum atomic E-state index is 0.244. The normalized spacial score (nSPS) is 12.8. The van der Waals surface area contributed by atoms with Gasteiger partial charge in [-0.3, -0.25) is 0 Å². The van der Waals surface area contributed by atoms with Crippen LogP contribution in [-0.2, 0) is 0 Å². The van der Waals surface area contributed by atoms with Gasteiger partial charge in [-0.15, -0.1) is 0 Å². The van der Waals surface area contributed by atoms with Gasteiger partial charge in [-0.2, -0.15) is 0 Å². The van der Waals surface area contributed by atoms with E-state index < -0.39 is 0 Å². The van der Waals surface area contributed by atoms with Gasteiger partial charge in [-0.1, -0.05) is 30.9 Å². The number of para-hydroxylation sites is 1. The van der Waals surface area contributed by atoms with E-state index in [0.717, 1.165) is 50.2 Å². The molecule has 3 heterocycles. The molecule has 116 valence electrons. The second-order valence-electron chi connectivity index (χ2n) is 5.67. The third-order valence-corrected chi connectivity index (χ3v) is 4.31. The van der Waals surface area contributed by atoms with Crippen molar-refractivity contribution in [2.75, 3.05) is 6.79 Å². The number of nitrogens with zero attached hydrogens (tertiary/aromatic N) is 1. The van der Waals surface area contributed by atoms with E-state index in [4.69, 9.17) is 18.9 Å². The van der Waals surface area contributed by atoms with Gasteiger partial charge in [0.1, 0.15) is 11.8 Å². The summed E-state index contributed by atoms with van der Waals surface area (Å²) in [5.74, 6) is 1.47. The highest BCUT2D eigenvalue weighted by Crippen LogP contribution is 2.39. The molecule has 0 unspecified atom stereocenters. The lowest BCUT2D eigenvalue weighted by Gasteiger charge is -2.07. The highest BCUT2D eigenvalue weighted by molar-refractivity contribution is 5.97. The van der Waals surface area contributed by atoms with Crippen LogP contribution in [0.1, 0.15) is 5.56 Å². The lowest BCUT2D eigenvalue weighted by molar-refractivity contribution is 0.174. The molecule has 24 heavy (non-hydrogen) atoms. The Morgan fingerprint density at radius 1 is 1.00 bits per heavy atom. The van der Waals surface area contributed by atoms with Gasteiger partial charge in [-0.05, 0) is 23.8 Å². The number of hydrogen-bond acceptors (Lipinski definition) is 4. The fourth-order valence-electron chi connectivity index (χ4n) is 3.13. The maximum atomic E-state index is 5.65. The molecule has 0 bridgehead atoms. The molecule has 0 saturated heterocycles. The third-order valence-electron chi connectivity index (χ3n) is 4.31. The Morgan fingerprint density at radius 2 is 1.83 bits per heavy atom. The molecule has 0 saturated carbocycles. The second kappa shape index (κ2) is 4.86. The Labute approximate surface area is 137 Å². The lowest BCUT2D eigenvalue weighted by atomic mass is 10.0. The molecule has 4 aromatic rings. The maximum Gasteiger partial charge on any atom is 0.231 e. The molecule has 1 aliphatic heterocycles. The minimum absolute atomic E-state index is 0.244. The van der Waals surface area contributed by atoms with Crippen molar-refractivity contribution in [2.45, 2.75) is 0 Å². The zero-order valence-corrected chi connectivity index (χ0v) is 12.8. The van der Waals surface area contributed by atoms with Crippen LogP contribution >= 0.6 is 0 Å². The first-order valence-electron chi connectivity index (χ1n) is 7.67. The number of fused-ring (bicyclic) bond motifs is 3. The van der Waals surface area contributed by atoms with E-state index in [-0.39, 0.29) is 6.79 Å². The van der Waals surface area contributed by atoms with Crippen LogP contribution in [0.4, 0.5) is 0 Å². The second-order valence-corrected chi connectivity index (χ2v) is 5.67. The van der Waals surface area contributed by atoms with Gasteiger partial charge in [0.2, 0.25) is 6.79 Å². The zero-order valence-electron chi connectivity index (χ0n) is 12.8. The van der Waals surface area contributed by atoms with Gasteiger partial charge in [-0.25, -0.2) is 4.98 Å². The molecule has 0 radical (unpaired) electrons. The first-order valence-corrected chi connectivity index (χ1v) is 7.67. The van der Waals surface area contributed by atoms with Crippen molar-refractivity contribution >= 4 is 27.9 Å². The van der Waals surface area contributed by atoms with Crippen molar-refractivity contribution in [1.29, 1.82) is 0 Å². The van der Waals surface area contributed by atoms with Crippen LogP contribution in [0.25, 0.3) is 39.2 Å². The summed E-state index contributed by atoms with van der Waals surface area (Å²) in [5.41, 5.74) is 4.50. The van der Waals surface area contributed by atoms with Crippen LogP contribution < -0.4 is 9.47 Å². The fourth-order valence-corrected chi connectivity index (χ4v) is 3.13. The first kappa shape index (κ1) is 13.2. The summed E-state index contributed by atoms with van der Waals surface area (Å²) in [5, 5.41) is 2.03. The topological polar surface area (TPSA) is 44.5 Å². The van der Waals surface area contributed by atoms with Gasteiger partial charge < -0.3 is 13.9 Å². The number of ether oxygens (including phenoxy) is 2. The Bertz CT molecular complexity index is 1110. The molecule has 0 atom stereocenters. The van der Waals surface area contributed by atoms with Crippen LogP contribution in [-0.4, -0.2) is 11.8 Å². The molecular formula is C20H13NO3. The number of furan rings is 1. The SMILES string of the molecule is C=Cc1cc(-c2coc3ccccc23)nc2cc3c(cc12)OCO3. The molecule has 1 aliphatic rings. The molecule has 0 spiro atoms. The summed E-state index contributed by atoms with van der Waals surface area (Å²) in [6, 6.07) is 13.8. The fraction of sp³-hybridized carbons (Fsp3) is 0.0500. The summed E-state index contributed by atoms with van der Waals surface area (Å²) < 4.78 is 16.6. The number of hydrogen-bond donors (Lipinski definition) is 0. The van der Waals surface area contributed by atoms with E-state index in [2.05, 4.69) is 6.58 Å². The van der Waals surface area contributed by atoms with Gasteiger partial charge in [0.05, 0.1) is 11.2 Å². The van der Waals surface area contributed by atoms with Crippen LogP contribution in [0.2, 0.25) is 0 Å². The number of aromatic nitrogens is 1. The third kappa shape index (κ3) is 1.83. The van der Waals surface area contributed by atoms with Crippen molar-refractivity contribution in [3.8, 4) is 22.8 Å². The van der Waals surface area contributed by atoms with Gasteiger partial charge in [0, 0.05) is 22.4 Å². The van der Waals surface area contributed by atoms with Crippen LogP contribution in [0.5, 0.6) is 11.5 Å². The highest BCUT2D eigenvalue weighted by atomic mass is 16.7. The number of benzene rings is 2. The number of pyridine rings is 1. The Kier molecular flexibility index (Phi) is 2.67. The number of rotatable bonds is 2. The van der Waals surface area contributed by atoms with E-state index in [0.29, 0.717) is 0 Å². The predicted molar refractivity (Wildman–Crippen MR) is 93.2 cm³/mol. The van der Waals surface area contributed by atoms with E-state index in [1.54, 1.807) is 6.26 Å². The van der Waals surface area contributed by atoms with Crippen LogP contribution in [0.3, 0.4) is 0 Å². The Balaban J connectivity index is 1.80. The maximum absolute atomic E-state index is 5.65. The lowest BCUT2D eigenvalue weighted by Crippen LogP contribution is -1.92. The summed E-state index contributed by atoms with van der Waals surface area (Å²) >= 11 is 0. The molecule has 0 N–H and O–H groups in total. The summed E-state index contributed by atoms with van der Waals surface area (Å²) in [7, 11) is 0. The summed E-state index contributed by atoms with van der Waals surface area (Å²) in [6.45, 7) is 4.18. The average molecular weight is 315 g/mol. The Hall–Kier alpha value is -3.27. The highest BCUT2D eigenvalue weighted by Gasteiger charge is 2.17. The van der Waals surface area contributed by atoms with E-state index in [9.17, 15) is 0 Å². The van der Waals surface area contributed by atoms with Crippen molar-refractivity contribution in [1.82, 2.24) is 4.98 Å². The Morgan fingerprint density at radius 3 is 2.71 bits per heavy atom. The van der Waals surface area contributed by atoms with E-state index in [1.165, 1.54) is 0 Å². The molecule has 4 heteroatoms. The molecule has 2 aromatic carbocycles. The monoisotopic (exact) mass is 315 g/mol. The van der Waals surface area contributed by atoms with Crippen molar-refractivity contribution in [2.24, 2.45) is 0 Å². The van der Waals surface area contributed by atoms with Crippen molar-refractivity contribution in [3.63, 3.8) is 0 Å². The predicted octanol–water partition coefficient (Wildman–Crippen LogP) is 5.02. The molecule has 2 aromatic heterocycles. The first-order chi connectivity index (χ1) is 11.8. The van der Waals surface area contributed by atoms with Crippen LogP contribution in [0.15, 0.2) is 59.7 Å². The minimum Gasteiger partial charge on any atom is -0.464 e. The standard InChI is InChI=1S/C20H13NO3/c1-2-12-7-16(15-10-22-18-6-4-3-5-13(15)18)21-17-9-20-19(8-14(12)17)23-11-24-20/h2-10H,1,11H2. The molecular weight excluding hydrogens is 302 g/mol. The van der Waals surface area contributed by atoms with Crippen molar-refractivity contribution < 1.29 is 13.9 Å². The van der Waals surface area contributed by atoms with Gasteiger partial charge in [0.15, 0.2) is 11.5 Å². The van der Waals surface area contributed by atoms with Crippen LogP contribution in [0, 0.1) is 0 Å². The average Bonchev–Trinajstić information content (AvgIpc) is 3.25. The quantitative estimate of drug-likeness (QED) is 0.521. The van der Waals surface area contributed by atoms with E-state index >= 15 is 0 Å².